The average molecular weight is 236 g/mol. The Balaban J connectivity index is 3.49. The second-order valence-corrected chi connectivity index (χ2v) is 7.24. The minimum absolute atomic E-state index is 0.0490. The average Bonchev–Trinajstić information content (AvgIpc) is 2.14. The molecule has 0 aromatic heterocycles. The van der Waals surface area contributed by atoms with Gasteiger partial charge in [0.15, 0.2) is 0 Å². The van der Waals surface area contributed by atoms with E-state index in [9.17, 15) is 4.79 Å². The predicted octanol–water partition coefficient (Wildman–Crippen LogP) is 3.01. The van der Waals surface area contributed by atoms with Crippen LogP contribution in [0, 0.1) is 0 Å². The van der Waals surface area contributed by atoms with Gasteiger partial charge in [-0.2, -0.15) is 0 Å². The number of carbonyl (C=O) groups excluding carboxylic acids is 1. The van der Waals surface area contributed by atoms with Crippen LogP contribution in [0.15, 0.2) is 0 Å². The van der Waals surface area contributed by atoms with Gasteiger partial charge in [-0.15, -0.1) is 17.8 Å². The van der Waals surface area contributed by atoms with Gasteiger partial charge in [-0.1, -0.05) is 20.3 Å². The molecule has 0 saturated heterocycles. The first-order valence-electron chi connectivity index (χ1n) is 5.15. The van der Waals surface area contributed by atoms with E-state index in [2.05, 4.69) is 29.8 Å². The molecule has 0 aliphatic rings. The first-order chi connectivity index (χ1) is 6.52. The monoisotopic (exact) mass is 236 g/mol. The lowest BCUT2D eigenvalue weighted by molar-refractivity contribution is -0.143. The summed E-state index contributed by atoms with van der Waals surface area (Å²) in [5.74, 6) is -0.0490. The highest BCUT2D eigenvalue weighted by molar-refractivity contribution is 7.51. The number of esters is 1. The van der Waals surface area contributed by atoms with Crippen LogP contribution in [0.25, 0.3) is 0 Å². The number of hydrogen-bond acceptors (Lipinski definition) is 2. The molecule has 0 radical (unpaired) electrons. The second kappa shape index (κ2) is 7.60. The van der Waals surface area contributed by atoms with Crippen molar-refractivity contribution in [3.8, 4) is 0 Å². The van der Waals surface area contributed by atoms with Crippen LogP contribution in [-0.4, -0.2) is 24.1 Å². The highest BCUT2D eigenvalue weighted by Crippen LogP contribution is 2.38. The zero-order valence-corrected chi connectivity index (χ0v) is 11.6. The summed E-state index contributed by atoms with van der Waals surface area (Å²) >= 11 is 0. The zero-order chi connectivity index (χ0) is 11.0. The molecule has 0 spiro atoms. The van der Waals surface area contributed by atoms with Crippen LogP contribution in [0.4, 0.5) is 0 Å². The van der Waals surface area contributed by atoms with Gasteiger partial charge >= 0.3 is 5.97 Å². The second-order valence-electron chi connectivity index (χ2n) is 3.74. The van der Waals surface area contributed by atoms with Gasteiger partial charge in [0.25, 0.3) is 0 Å². The Kier molecular flexibility index (Phi) is 7.78. The Hall–Kier alpha value is 0.330. The van der Waals surface area contributed by atoms with E-state index in [1.165, 1.54) is 0 Å². The van der Waals surface area contributed by atoms with E-state index >= 15 is 0 Å². The van der Waals surface area contributed by atoms with Crippen LogP contribution in [-0.2, 0) is 9.53 Å². The van der Waals surface area contributed by atoms with Crippen LogP contribution in [0.1, 0.15) is 39.5 Å². The molecule has 0 fully saturated rings. The van der Waals surface area contributed by atoms with Crippen LogP contribution in [0.3, 0.4) is 0 Å². The molecule has 0 N–H and O–H groups in total. The Morgan fingerprint density at radius 2 is 2.21 bits per heavy atom. The fourth-order valence-corrected chi connectivity index (χ4v) is 1.37. The Labute approximate surface area is 91.5 Å². The van der Waals surface area contributed by atoms with E-state index in [0.29, 0.717) is 13.0 Å². The molecule has 0 saturated carbocycles. The summed E-state index contributed by atoms with van der Waals surface area (Å²) in [6.45, 7) is 6.98. The van der Waals surface area contributed by atoms with E-state index in [0.717, 1.165) is 27.8 Å². The topological polar surface area (TPSA) is 26.3 Å². The third-order valence-corrected chi connectivity index (χ3v) is 4.74. The van der Waals surface area contributed by atoms with Gasteiger partial charge in [-0.25, -0.2) is 0 Å². The quantitative estimate of drug-likeness (QED) is 0.501. The van der Waals surface area contributed by atoms with E-state index in [-0.39, 0.29) is 10.9 Å². The molecule has 3 unspecified atom stereocenters. The molecule has 3 atom stereocenters. The van der Waals surface area contributed by atoms with Crippen molar-refractivity contribution in [2.24, 2.45) is 0 Å². The SMILES string of the molecule is CCCCC(=O)OCCC(C)(P)PC. The van der Waals surface area contributed by atoms with E-state index in [1.54, 1.807) is 0 Å². The number of unbranched alkanes of at least 4 members (excludes halogenated alkanes) is 1. The molecule has 4 heteroatoms. The highest BCUT2D eigenvalue weighted by Gasteiger charge is 2.15. The smallest absolute Gasteiger partial charge is 0.305 e. The number of rotatable bonds is 7. The fourth-order valence-electron chi connectivity index (χ4n) is 0.895. The fraction of sp³-hybridized carbons (Fsp3) is 0.900. The van der Waals surface area contributed by atoms with E-state index in [1.807, 2.05) is 0 Å². The van der Waals surface area contributed by atoms with Crippen LogP contribution < -0.4 is 0 Å². The number of carbonyl (C=O) groups is 1. The first-order valence-corrected chi connectivity index (χ1v) is 7.23. The predicted molar refractivity (Wildman–Crippen MR) is 67.5 cm³/mol. The molecule has 0 bridgehead atoms. The maximum atomic E-state index is 11.1. The van der Waals surface area contributed by atoms with Crippen molar-refractivity contribution >= 4 is 23.8 Å². The molecule has 0 amide bonds. The third kappa shape index (κ3) is 7.71. The number of ether oxygens (including phenoxy) is 1. The zero-order valence-electron chi connectivity index (χ0n) is 9.43. The molecule has 0 rings (SSSR count). The molecule has 14 heavy (non-hydrogen) atoms. The summed E-state index contributed by atoms with van der Waals surface area (Å²) in [6, 6.07) is 0. The summed E-state index contributed by atoms with van der Waals surface area (Å²) < 4.78 is 5.13. The van der Waals surface area contributed by atoms with E-state index < -0.39 is 0 Å². The summed E-state index contributed by atoms with van der Waals surface area (Å²) in [6.07, 6.45) is 3.49. The molecule has 0 aliphatic carbocycles. The lowest BCUT2D eigenvalue weighted by Gasteiger charge is -2.21. The standard InChI is InChI=1S/C10H22O2P2/c1-4-5-6-9(11)12-8-7-10(2,13)14-3/h14H,4-8,13H2,1-3H3. The molecule has 2 nitrogen and oxygen atoms in total. The Morgan fingerprint density at radius 3 is 2.71 bits per heavy atom. The summed E-state index contributed by atoms with van der Waals surface area (Å²) in [4.78, 5) is 11.4. The Morgan fingerprint density at radius 1 is 1.57 bits per heavy atom. The first kappa shape index (κ1) is 14.3. The molecule has 0 aromatic carbocycles. The van der Waals surface area contributed by atoms with Crippen molar-refractivity contribution in [2.75, 3.05) is 13.3 Å². The van der Waals surface area contributed by atoms with E-state index in [4.69, 9.17) is 4.74 Å². The van der Waals surface area contributed by atoms with Crippen molar-refractivity contribution < 1.29 is 9.53 Å². The molecular weight excluding hydrogens is 214 g/mol. The third-order valence-electron chi connectivity index (χ3n) is 2.19. The van der Waals surface area contributed by atoms with Crippen molar-refractivity contribution in [1.29, 1.82) is 0 Å². The van der Waals surface area contributed by atoms with Crippen LogP contribution in [0.5, 0.6) is 0 Å². The van der Waals surface area contributed by atoms with Gasteiger partial charge in [-0.05, 0) is 19.5 Å². The van der Waals surface area contributed by atoms with Gasteiger partial charge in [0.2, 0.25) is 0 Å². The molecule has 0 aromatic rings. The lowest BCUT2D eigenvalue weighted by atomic mass is 10.2. The van der Waals surface area contributed by atoms with Gasteiger partial charge < -0.3 is 4.74 Å². The van der Waals surface area contributed by atoms with Crippen molar-refractivity contribution in [1.82, 2.24) is 0 Å². The minimum atomic E-state index is -0.0490. The van der Waals surface area contributed by atoms with Crippen LogP contribution >= 0.6 is 17.8 Å². The minimum Gasteiger partial charge on any atom is -0.466 e. The van der Waals surface area contributed by atoms with Crippen LogP contribution in [0.2, 0.25) is 0 Å². The summed E-state index contributed by atoms with van der Waals surface area (Å²) in [5.41, 5.74) is 0. The van der Waals surface area contributed by atoms with Crippen molar-refractivity contribution in [3.05, 3.63) is 0 Å². The largest absolute Gasteiger partial charge is 0.466 e. The maximum Gasteiger partial charge on any atom is 0.305 e. The summed E-state index contributed by atoms with van der Waals surface area (Å²) in [5, 5.41) is 0. The number of hydrogen-bond donors (Lipinski definition) is 0. The maximum absolute atomic E-state index is 11.1. The van der Waals surface area contributed by atoms with Crippen molar-refractivity contribution in [3.63, 3.8) is 0 Å². The lowest BCUT2D eigenvalue weighted by Crippen LogP contribution is -2.14. The van der Waals surface area contributed by atoms with Gasteiger partial charge in [0.1, 0.15) is 0 Å². The molecule has 84 valence electrons. The highest BCUT2D eigenvalue weighted by atomic mass is 31.1. The van der Waals surface area contributed by atoms with Gasteiger partial charge in [0, 0.05) is 11.3 Å². The molecule has 0 aliphatic heterocycles. The van der Waals surface area contributed by atoms with Gasteiger partial charge in [0.05, 0.1) is 6.61 Å². The van der Waals surface area contributed by atoms with Crippen molar-refractivity contribution in [2.45, 2.75) is 44.4 Å². The normalized spacial score (nSPS) is 15.7. The summed E-state index contributed by atoms with van der Waals surface area (Å²) in [7, 11) is 3.69. The Bertz CT molecular complexity index is 170. The molecular formula is C10H22O2P2. The molecule has 0 heterocycles. The van der Waals surface area contributed by atoms with Gasteiger partial charge in [-0.3, -0.25) is 4.79 Å².